The monoisotopic (exact) mass is 404 g/mol. The fourth-order valence-electron chi connectivity index (χ4n) is 3.80. The summed E-state index contributed by atoms with van der Waals surface area (Å²) in [4.78, 5) is 24.9. The number of amides is 1. The Hall–Kier alpha value is -2.11. The van der Waals surface area contributed by atoms with Gasteiger partial charge < -0.3 is 15.5 Å². The lowest BCUT2D eigenvalue weighted by Gasteiger charge is -2.27. The van der Waals surface area contributed by atoms with Gasteiger partial charge in [-0.25, -0.2) is 4.79 Å². The van der Waals surface area contributed by atoms with E-state index in [9.17, 15) is 9.59 Å². The average molecular weight is 405 g/mol. The summed E-state index contributed by atoms with van der Waals surface area (Å²) in [5.74, 6) is 0.279. The molecule has 1 amide bonds. The van der Waals surface area contributed by atoms with Crippen LogP contribution < -0.4 is 16.7 Å². The molecule has 3 N–H and O–H groups in total. The molecule has 1 saturated carbocycles. The number of nitrogens with two attached hydrogens (primary N) is 1. The lowest BCUT2D eigenvalue weighted by Crippen LogP contribution is -2.43. The highest BCUT2D eigenvalue weighted by Gasteiger charge is 2.24. The zero-order valence-corrected chi connectivity index (χ0v) is 17.1. The zero-order valence-electron chi connectivity index (χ0n) is 16.3. The number of rotatable bonds is 6. The molecule has 0 aliphatic heterocycles. The molecule has 0 spiro atoms. The Morgan fingerprint density at radius 1 is 1.21 bits per heavy atom. The second-order valence-corrected chi connectivity index (χ2v) is 7.49. The first-order chi connectivity index (χ1) is 13.0. The van der Waals surface area contributed by atoms with Crippen molar-refractivity contribution in [1.82, 2.24) is 5.32 Å². The fraction of sp³-hybridized carbons (Fsp3) is 0.455. The van der Waals surface area contributed by atoms with Crippen molar-refractivity contribution in [2.45, 2.75) is 64.0 Å². The number of aryl methyl sites for hydroxylation is 3. The maximum atomic E-state index is 12.6. The van der Waals surface area contributed by atoms with E-state index in [1.807, 2.05) is 24.3 Å². The first kappa shape index (κ1) is 22.2. The molecule has 1 aliphatic rings. The Balaban J connectivity index is 0.00000280. The Morgan fingerprint density at radius 2 is 1.96 bits per heavy atom. The molecule has 5 nitrogen and oxygen atoms in total. The van der Waals surface area contributed by atoms with E-state index in [4.69, 9.17) is 10.2 Å². The highest BCUT2D eigenvalue weighted by Crippen LogP contribution is 2.18. The fourth-order valence-corrected chi connectivity index (χ4v) is 3.80. The van der Waals surface area contributed by atoms with Gasteiger partial charge in [-0.1, -0.05) is 30.3 Å². The maximum absolute atomic E-state index is 12.6. The number of nitrogens with one attached hydrogen (secondary N) is 1. The third-order valence-electron chi connectivity index (χ3n) is 5.21. The molecule has 2 atom stereocenters. The average Bonchev–Trinajstić information content (AvgIpc) is 2.62. The molecule has 152 valence electrons. The molecule has 1 heterocycles. The first-order valence-electron chi connectivity index (χ1n) is 9.77. The lowest BCUT2D eigenvalue weighted by atomic mass is 9.91. The topological polar surface area (TPSA) is 85.3 Å². The minimum absolute atomic E-state index is 0. The van der Waals surface area contributed by atoms with Crippen molar-refractivity contribution in [2.24, 2.45) is 5.73 Å². The summed E-state index contributed by atoms with van der Waals surface area (Å²) < 4.78 is 5.42. The van der Waals surface area contributed by atoms with Crippen LogP contribution in [0.15, 0.2) is 45.6 Å². The SMILES string of the molecule is Cc1cc(CCCc2ccccc2)oc(=O)c1C(=O)N[C@@H]1CCC[C@@H](N)C1.Cl. The van der Waals surface area contributed by atoms with Gasteiger partial charge >= 0.3 is 5.63 Å². The number of carbonyl (C=O) groups excluding carboxylic acids is 1. The number of hydrogen-bond acceptors (Lipinski definition) is 4. The number of benzene rings is 1. The smallest absolute Gasteiger partial charge is 0.349 e. The first-order valence-corrected chi connectivity index (χ1v) is 9.77. The van der Waals surface area contributed by atoms with E-state index in [0.29, 0.717) is 17.7 Å². The Morgan fingerprint density at radius 3 is 2.64 bits per heavy atom. The molecular formula is C22H29ClN2O3. The van der Waals surface area contributed by atoms with E-state index in [0.717, 1.165) is 38.5 Å². The number of carbonyl (C=O) groups is 1. The van der Waals surface area contributed by atoms with Crippen LogP contribution >= 0.6 is 12.4 Å². The molecule has 0 radical (unpaired) electrons. The van der Waals surface area contributed by atoms with Crippen molar-refractivity contribution in [3.8, 4) is 0 Å². The third kappa shape index (κ3) is 5.94. The molecule has 0 bridgehead atoms. The van der Waals surface area contributed by atoms with Gasteiger partial charge in [0.05, 0.1) is 0 Å². The zero-order chi connectivity index (χ0) is 19.2. The van der Waals surface area contributed by atoms with Crippen molar-refractivity contribution in [3.63, 3.8) is 0 Å². The van der Waals surface area contributed by atoms with E-state index in [1.54, 1.807) is 6.92 Å². The van der Waals surface area contributed by atoms with Crippen LogP contribution in [0.2, 0.25) is 0 Å². The molecule has 2 aromatic rings. The predicted molar refractivity (Wildman–Crippen MR) is 113 cm³/mol. The number of hydrogen-bond donors (Lipinski definition) is 2. The highest BCUT2D eigenvalue weighted by molar-refractivity contribution is 5.95. The summed E-state index contributed by atoms with van der Waals surface area (Å²) in [6.45, 7) is 1.79. The Kier molecular flexibility index (Phi) is 8.27. The van der Waals surface area contributed by atoms with Crippen LogP contribution in [0.5, 0.6) is 0 Å². The van der Waals surface area contributed by atoms with E-state index in [2.05, 4.69) is 17.4 Å². The minimum Gasteiger partial charge on any atom is -0.427 e. The molecule has 1 aliphatic carbocycles. The second kappa shape index (κ2) is 10.4. The second-order valence-electron chi connectivity index (χ2n) is 7.49. The molecule has 0 saturated heterocycles. The van der Waals surface area contributed by atoms with Gasteiger partial charge in [-0.05, 0) is 62.6 Å². The summed E-state index contributed by atoms with van der Waals surface area (Å²) in [6, 6.07) is 12.2. The maximum Gasteiger partial charge on any atom is 0.349 e. The van der Waals surface area contributed by atoms with Crippen LogP contribution in [-0.2, 0) is 12.8 Å². The largest absolute Gasteiger partial charge is 0.427 e. The van der Waals surface area contributed by atoms with Crippen molar-refractivity contribution in [3.05, 3.63) is 69.3 Å². The van der Waals surface area contributed by atoms with Crippen molar-refractivity contribution < 1.29 is 9.21 Å². The molecule has 28 heavy (non-hydrogen) atoms. The quantitative estimate of drug-likeness (QED) is 0.770. The van der Waals surface area contributed by atoms with E-state index in [1.165, 1.54) is 5.56 Å². The standard InChI is InChI=1S/C22H28N2O3.ClH/c1-15-13-19(12-5-9-16-7-3-2-4-8-16)27-22(26)20(15)21(25)24-18-11-6-10-17(23)14-18;/h2-4,7-8,13,17-18H,5-6,9-12,14,23H2,1H3,(H,24,25);1H/t17-,18-;/m1./s1. The molecule has 1 aromatic heterocycles. The van der Waals surface area contributed by atoms with Gasteiger partial charge in [0.15, 0.2) is 0 Å². The summed E-state index contributed by atoms with van der Waals surface area (Å²) in [6.07, 6.45) is 6.14. The highest BCUT2D eigenvalue weighted by atomic mass is 35.5. The normalized spacial score (nSPS) is 18.9. The van der Waals surface area contributed by atoms with Gasteiger partial charge in [0.2, 0.25) is 0 Å². The van der Waals surface area contributed by atoms with Crippen molar-refractivity contribution in [1.29, 1.82) is 0 Å². The van der Waals surface area contributed by atoms with Crippen LogP contribution in [0.3, 0.4) is 0 Å². The van der Waals surface area contributed by atoms with Crippen molar-refractivity contribution >= 4 is 18.3 Å². The van der Waals surface area contributed by atoms with Gasteiger partial charge in [-0.15, -0.1) is 12.4 Å². The van der Waals surface area contributed by atoms with E-state index in [-0.39, 0.29) is 36.0 Å². The van der Waals surface area contributed by atoms with E-state index >= 15 is 0 Å². The van der Waals surface area contributed by atoms with Crippen molar-refractivity contribution in [2.75, 3.05) is 0 Å². The number of halogens is 1. The van der Waals surface area contributed by atoms with Gasteiger partial charge in [0.25, 0.3) is 5.91 Å². The van der Waals surface area contributed by atoms with Crippen LogP contribution in [0, 0.1) is 6.92 Å². The molecule has 3 rings (SSSR count). The molecule has 6 heteroatoms. The summed E-state index contributed by atoms with van der Waals surface area (Å²) in [5, 5.41) is 2.95. The molecule has 0 unspecified atom stereocenters. The summed E-state index contributed by atoms with van der Waals surface area (Å²) in [5.41, 5.74) is 7.46. The molecule has 1 fully saturated rings. The van der Waals surface area contributed by atoms with E-state index < -0.39 is 5.63 Å². The lowest BCUT2D eigenvalue weighted by molar-refractivity contribution is 0.0920. The van der Waals surface area contributed by atoms with Gasteiger partial charge in [-0.3, -0.25) is 4.79 Å². The van der Waals surface area contributed by atoms with Crippen LogP contribution in [-0.4, -0.2) is 18.0 Å². The van der Waals surface area contributed by atoms with Gasteiger partial charge in [-0.2, -0.15) is 0 Å². The molecular weight excluding hydrogens is 376 g/mol. The minimum atomic E-state index is -0.553. The Bertz CT molecular complexity index is 835. The third-order valence-corrected chi connectivity index (χ3v) is 5.21. The van der Waals surface area contributed by atoms with Crippen LogP contribution in [0.1, 0.15) is 59.3 Å². The summed E-state index contributed by atoms with van der Waals surface area (Å²) in [7, 11) is 0. The Labute approximate surface area is 172 Å². The van der Waals surface area contributed by atoms with Crippen LogP contribution in [0.4, 0.5) is 0 Å². The molecule has 1 aromatic carbocycles. The van der Waals surface area contributed by atoms with Crippen LogP contribution in [0.25, 0.3) is 0 Å². The van der Waals surface area contributed by atoms with Gasteiger partial charge in [0, 0.05) is 18.5 Å². The summed E-state index contributed by atoms with van der Waals surface area (Å²) >= 11 is 0. The van der Waals surface area contributed by atoms with Gasteiger partial charge in [0.1, 0.15) is 11.3 Å². The predicted octanol–water partition coefficient (Wildman–Crippen LogP) is 3.55.